The molecule has 1 aliphatic rings. The molecule has 5 nitrogen and oxygen atoms in total. The van der Waals surface area contributed by atoms with Crippen LogP contribution in [0, 0.1) is 0 Å². The van der Waals surface area contributed by atoms with Gasteiger partial charge in [0.2, 0.25) is 0 Å². The van der Waals surface area contributed by atoms with Crippen LogP contribution in [0.1, 0.15) is 9.67 Å². The minimum atomic E-state index is -2.88. The second-order valence-corrected chi connectivity index (χ2v) is 6.96. The van der Waals surface area contributed by atoms with Crippen molar-refractivity contribution in [3.05, 3.63) is 59.5 Å². The van der Waals surface area contributed by atoms with Gasteiger partial charge in [0.15, 0.2) is 11.5 Å². The van der Waals surface area contributed by atoms with Crippen molar-refractivity contribution < 1.29 is 27.8 Å². The van der Waals surface area contributed by atoms with Gasteiger partial charge in [-0.25, -0.2) is 0 Å². The Labute approximate surface area is 163 Å². The highest BCUT2D eigenvalue weighted by Gasteiger charge is 2.15. The molecular formula is C20H15F2NO4S. The Bertz CT molecular complexity index is 988. The fraction of sp³-hybridized carbons (Fsp3) is 0.150. The molecule has 1 N–H and O–H groups in total. The molecule has 2 aromatic carbocycles. The van der Waals surface area contributed by atoms with E-state index in [1.54, 1.807) is 6.07 Å². The third kappa shape index (κ3) is 4.07. The van der Waals surface area contributed by atoms with Crippen LogP contribution in [0.3, 0.4) is 0 Å². The van der Waals surface area contributed by atoms with Crippen molar-refractivity contribution in [2.24, 2.45) is 0 Å². The van der Waals surface area contributed by atoms with Crippen LogP contribution in [-0.2, 0) is 0 Å². The highest BCUT2D eigenvalue weighted by atomic mass is 32.1. The first-order chi connectivity index (χ1) is 13.6. The van der Waals surface area contributed by atoms with Gasteiger partial charge in [-0.3, -0.25) is 4.79 Å². The van der Waals surface area contributed by atoms with Gasteiger partial charge >= 0.3 is 6.61 Å². The number of benzene rings is 2. The lowest BCUT2D eigenvalue weighted by Gasteiger charge is -2.18. The molecule has 1 aliphatic heterocycles. The number of carbonyl (C=O) groups excluding carboxylic acids is 1. The molecule has 0 radical (unpaired) electrons. The molecule has 0 saturated carbocycles. The number of hydrogen-bond acceptors (Lipinski definition) is 5. The van der Waals surface area contributed by atoms with Crippen molar-refractivity contribution in [2.45, 2.75) is 6.61 Å². The van der Waals surface area contributed by atoms with Crippen LogP contribution in [0.25, 0.3) is 10.4 Å². The van der Waals surface area contributed by atoms with E-state index >= 15 is 0 Å². The lowest BCUT2D eigenvalue weighted by molar-refractivity contribution is -0.0498. The van der Waals surface area contributed by atoms with E-state index in [9.17, 15) is 13.6 Å². The van der Waals surface area contributed by atoms with E-state index in [-0.39, 0.29) is 11.7 Å². The van der Waals surface area contributed by atoms with Crippen LogP contribution in [0.15, 0.2) is 54.6 Å². The Morgan fingerprint density at radius 1 is 1.00 bits per heavy atom. The molecule has 4 rings (SSSR count). The Hall–Kier alpha value is -3.13. The molecule has 0 bridgehead atoms. The summed E-state index contributed by atoms with van der Waals surface area (Å²) in [5, 5.41) is 2.74. The Balaban J connectivity index is 1.46. The number of anilines is 1. The fourth-order valence-electron chi connectivity index (χ4n) is 2.72. The maximum absolute atomic E-state index is 12.5. The number of hydrogen-bond donors (Lipinski definition) is 1. The van der Waals surface area contributed by atoms with Crippen molar-refractivity contribution in [2.75, 3.05) is 18.5 Å². The third-order valence-corrected chi connectivity index (χ3v) is 5.13. The number of nitrogens with one attached hydrogen (secondary N) is 1. The van der Waals surface area contributed by atoms with Crippen molar-refractivity contribution in [1.82, 2.24) is 0 Å². The molecule has 1 amide bonds. The van der Waals surface area contributed by atoms with Crippen LogP contribution in [0.5, 0.6) is 17.2 Å². The molecule has 2 heterocycles. The molecule has 28 heavy (non-hydrogen) atoms. The van der Waals surface area contributed by atoms with Gasteiger partial charge in [-0.05, 0) is 60.2 Å². The van der Waals surface area contributed by atoms with Gasteiger partial charge in [-0.2, -0.15) is 8.78 Å². The van der Waals surface area contributed by atoms with E-state index in [1.165, 1.54) is 35.6 Å². The standard InChI is InChI=1S/C20H15F2NO4S/c21-20(22)27-14-4-2-13(3-5-14)23-19(24)18-8-7-17(28-18)12-1-6-15-16(11-12)26-10-9-25-15/h1-8,11,20H,9-10H2,(H,23,24). The Kier molecular flexibility index (Phi) is 5.12. The molecule has 8 heteroatoms. The molecule has 0 unspecified atom stereocenters. The van der Waals surface area contributed by atoms with Crippen LogP contribution in [0.2, 0.25) is 0 Å². The van der Waals surface area contributed by atoms with Crippen LogP contribution in [-0.4, -0.2) is 25.7 Å². The highest BCUT2D eigenvalue weighted by molar-refractivity contribution is 7.17. The number of ether oxygens (including phenoxy) is 3. The number of thiophene rings is 1. The average Bonchev–Trinajstić information content (AvgIpc) is 3.19. The SMILES string of the molecule is O=C(Nc1ccc(OC(F)F)cc1)c1ccc(-c2ccc3c(c2)OCCO3)s1. The maximum atomic E-state index is 12.5. The monoisotopic (exact) mass is 403 g/mol. The first-order valence-corrected chi connectivity index (χ1v) is 9.26. The zero-order valence-electron chi connectivity index (χ0n) is 14.5. The van der Waals surface area contributed by atoms with Gasteiger partial charge in [0.1, 0.15) is 19.0 Å². The minimum Gasteiger partial charge on any atom is -0.486 e. The summed E-state index contributed by atoms with van der Waals surface area (Å²) in [5.74, 6) is 1.15. The summed E-state index contributed by atoms with van der Waals surface area (Å²) in [4.78, 5) is 13.9. The summed E-state index contributed by atoms with van der Waals surface area (Å²) in [6, 6.07) is 15.0. The van der Waals surface area contributed by atoms with E-state index < -0.39 is 6.61 Å². The van der Waals surface area contributed by atoms with Crippen LogP contribution >= 0.6 is 11.3 Å². The Morgan fingerprint density at radius 3 is 2.50 bits per heavy atom. The summed E-state index contributed by atoms with van der Waals surface area (Å²) in [5.41, 5.74) is 1.42. The van der Waals surface area contributed by atoms with E-state index in [2.05, 4.69) is 10.1 Å². The molecule has 0 fully saturated rings. The zero-order chi connectivity index (χ0) is 19.5. The zero-order valence-corrected chi connectivity index (χ0v) is 15.3. The minimum absolute atomic E-state index is 0.0324. The maximum Gasteiger partial charge on any atom is 0.387 e. The van der Waals surface area contributed by atoms with Gasteiger partial charge in [0, 0.05) is 10.6 Å². The lowest BCUT2D eigenvalue weighted by atomic mass is 10.1. The quantitative estimate of drug-likeness (QED) is 0.649. The van der Waals surface area contributed by atoms with Crippen LogP contribution < -0.4 is 19.5 Å². The summed E-state index contributed by atoms with van der Waals surface area (Å²) in [7, 11) is 0. The van der Waals surface area contributed by atoms with Crippen molar-refractivity contribution >= 4 is 22.9 Å². The average molecular weight is 403 g/mol. The molecule has 3 aromatic rings. The highest BCUT2D eigenvalue weighted by Crippen LogP contribution is 2.37. The normalized spacial score (nSPS) is 12.7. The fourth-order valence-corrected chi connectivity index (χ4v) is 3.62. The van der Waals surface area contributed by atoms with Gasteiger partial charge < -0.3 is 19.5 Å². The number of carbonyl (C=O) groups is 1. The summed E-state index contributed by atoms with van der Waals surface area (Å²) >= 11 is 1.34. The predicted octanol–water partition coefficient (Wildman–Crippen LogP) is 5.04. The van der Waals surface area contributed by atoms with Crippen molar-refractivity contribution in [3.8, 4) is 27.7 Å². The Morgan fingerprint density at radius 2 is 1.75 bits per heavy atom. The van der Waals surface area contributed by atoms with Gasteiger partial charge in [0.25, 0.3) is 5.91 Å². The summed E-state index contributed by atoms with van der Waals surface area (Å²) in [6.45, 7) is -1.84. The molecule has 0 saturated heterocycles. The van der Waals surface area contributed by atoms with E-state index in [4.69, 9.17) is 9.47 Å². The van der Waals surface area contributed by atoms with Gasteiger partial charge in [-0.15, -0.1) is 11.3 Å². The van der Waals surface area contributed by atoms with E-state index in [0.717, 1.165) is 10.4 Å². The summed E-state index contributed by atoms with van der Waals surface area (Å²) < 4.78 is 39.8. The second kappa shape index (κ2) is 7.85. The summed E-state index contributed by atoms with van der Waals surface area (Å²) in [6.07, 6.45) is 0. The van der Waals surface area contributed by atoms with Gasteiger partial charge in [0.05, 0.1) is 4.88 Å². The van der Waals surface area contributed by atoms with Crippen molar-refractivity contribution in [1.29, 1.82) is 0 Å². The van der Waals surface area contributed by atoms with E-state index in [1.807, 2.05) is 24.3 Å². The molecule has 0 aliphatic carbocycles. The van der Waals surface area contributed by atoms with Crippen molar-refractivity contribution in [3.63, 3.8) is 0 Å². The number of halogens is 2. The largest absolute Gasteiger partial charge is 0.486 e. The number of alkyl halides is 2. The molecular weight excluding hydrogens is 388 g/mol. The second-order valence-electron chi connectivity index (χ2n) is 5.88. The number of fused-ring (bicyclic) bond motifs is 1. The third-order valence-electron chi connectivity index (χ3n) is 3.99. The number of rotatable bonds is 5. The first kappa shape index (κ1) is 18.2. The van der Waals surface area contributed by atoms with Crippen LogP contribution in [0.4, 0.5) is 14.5 Å². The molecule has 144 valence electrons. The number of amides is 1. The molecule has 0 spiro atoms. The molecule has 0 atom stereocenters. The molecule has 1 aromatic heterocycles. The first-order valence-electron chi connectivity index (χ1n) is 8.44. The lowest BCUT2D eigenvalue weighted by Crippen LogP contribution is -2.15. The topological polar surface area (TPSA) is 56.8 Å². The van der Waals surface area contributed by atoms with E-state index in [0.29, 0.717) is 35.3 Å². The van der Waals surface area contributed by atoms with Gasteiger partial charge in [-0.1, -0.05) is 0 Å². The smallest absolute Gasteiger partial charge is 0.387 e. The predicted molar refractivity (Wildman–Crippen MR) is 102 cm³/mol.